The van der Waals surface area contributed by atoms with Gasteiger partial charge in [0.05, 0.1) is 11.3 Å². The van der Waals surface area contributed by atoms with Crippen LogP contribution in [0.15, 0.2) is 12.5 Å². The summed E-state index contributed by atoms with van der Waals surface area (Å²) in [5.41, 5.74) is 0. The van der Waals surface area contributed by atoms with Gasteiger partial charge in [-0.15, -0.1) is 0 Å². The van der Waals surface area contributed by atoms with Gasteiger partial charge in [0.2, 0.25) is 0 Å². The second kappa shape index (κ2) is 5.35. The van der Waals surface area contributed by atoms with Crippen molar-refractivity contribution in [3.8, 4) is 0 Å². The van der Waals surface area contributed by atoms with E-state index < -0.39 is 4.92 Å². The average molecular weight is 285 g/mol. The van der Waals surface area contributed by atoms with Gasteiger partial charge in [-0.3, -0.25) is 0 Å². The van der Waals surface area contributed by atoms with Gasteiger partial charge in [0.1, 0.15) is 12.9 Å². The van der Waals surface area contributed by atoms with E-state index in [4.69, 9.17) is 11.6 Å². The Kier molecular flexibility index (Phi) is 3.79. The summed E-state index contributed by atoms with van der Waals surface area (Å²) in [5.74, 6) is 0.760. The Morgan fingerprint density at radius 1 is 1.53 bits per heavy atom. The number of aromatic nitrogens is 5. The normalized spacial score (nSPS) is 11.2. The molecule has 0 spiro atoms. The third-order valence-electron chi connectivity index (χ3n) is 2.41. The van der Waals surface area contributed by atoms with E-state index >= 15 is 0 Å². The predicted octanol–water partition coefficient (Wildman–Crippen LogP) is 1.74. The highest BCUT2D eigenvalue weighted by Gasteiger charge is 2.20. The fourth-order valence-electron chi connectivity index (χ4n) is 1.65. The molecule has 2 rings (SSSR count). The number of nitro groups is 1. The van der Waals surface area contributed by atoms with E-state index in [0.29, 0.717) is 18.3 Å². The van der Waals surface area contributed by atoms with Crippen molar-refractivity contribution in [3.05, 3.63) is 33.5 Å². The lowest BCUT2D eigenvalue weighted by Gasteiger charge is -2.07. The van der Waals surface area contributed by atoms with Crippen LogP contribution >= 0.6 is 11.6 Å². The van der Waals surface area contributed by atoms with Crippen molar-refractivity contribution >= 4 is 17.4 Å². The number of hydrogen-bond donors (Lipinski definition) is 0. The summed E-state index contributed by atoms with van der Waals surface area (Å²) < 4.78 is 3.15. The molecule has 0 saturated carbocycles. The molecule has 0 aromatic carbocycles. The Bertz CT molecular complexity index is 591. The third-order valence-corrected chi connectivity index (χ3v) is 2.68. The lowest BCUT2D eigenvalue weighted by Crippen LogP contribution is -2.13. The third kappa shape index (κ3) is 3.08. The molecule has 0 fully saturated rings. The minimum Gasteiger partial charge on any atom is -0.358 e. The maximum atomic E-state index is 10.7. The molecule has 9 heteroatoms. The molecule has 2 aromatic rings. The van der Waals surface area contributed by atoms with E-state index in [0.717, 1.165) is 6.54 Å². The van der Waals surface area contributed by atoms with Gasteiger partial charge >= 0.3 is 5.82 Å². The first kappa shape index (κ1) is 13.5. The van der Waals surface area contributed by atoms with Crippen LogP contribution in [-0.2, 0) is 13.1 Å². The summed E-state index contributed by atoms with van der Waals surface area (Å²) in [5, 5.41) is 18.6. The molecule has 0 aliphatic heterocycles. The summed E-state index contributed by atoms with van der Waals surface area (Å²) in [4.78, 5) is 14.2. The summed E-state index contributed by atoms with van der Waals surface area (Å²) in [6.07, 6.45) is 2.87. The molecule has 2 heterocycles. The highest BCUT2D eigenvalue weighted by atomic mass is 35.5. The number of rotatable bonds is 5. The fourth-order valence-corrected chi connectivity index (χ4v) is 1.86. The van der Waals surface area contributed by atoms with E-state index in [1.54, 1.807) is 4.68 Å². The van der Waals surface area contributed by atoms with Crippen LogP contribution in [0.2, 0.25) is 5.02 Å². The van der Waals surface area contributed by atoms with Crippen LogP contribution in [0.4, 0.5) is 5.82 Å². The van der Waals surface area contributed by atoms with Crippen molar-refractivity contribution in [2.24, 2.45) is 5.92 Å². The molecule has 0 aliphatic carbocycles. The first-order chi connectivity index (χ1) is 8.97. The lowest BCUT2D eigenvalue weighted by atomic mass is 10.2. The molecule has 0 radical (unpaired) electrons. The molecule has 19 heavy (non-hydrogen) atoms. The van der Waals surface area contributed by atoms with E-state index in [1.165, 1.54) is 17.2 Å². The van der Waals surface area contributed by atoms with Gasteiger partial charge in [-0.2, -0.15) is 9.78 Å². The summed E-state index contributed by atoms with van der Waals surface area (Å²) in [6.45, 7) is 5.16. The van der Waals surface area contributed by atoms with Crippen molar-refractivity contribution in [1.29, 1.82) is 0 Å². The zero-order valence-electron chi connectivity index (χ0n) is 10.5. The number of halogens is 1. The Morgan fingerprint density at radius 2 is 2.26 bits per heavy atom. The van der Waals surface area contributed by atoms with Gasteiger partial charge < -0.3 is 10.1 Å². The van der Waals surface area contributed by atoms with E-state index in [9.17, 15) is 10.1 Å². The quantitative estimate of drug-likeness (QED) is 0.616. The molecule has 0 amide bonds. The number of nitrogens with zero attached hydrogens (tertiary/aromatic N) is 6. The molecule has 0 saturated heterocycles. The molecule has 2 aromatic heterocycles. The van der Waals surface area contributed by atoms with Gasteiger partial charge in [0, 0.05) is 6.54 Å². The molecule has 0 bridgehead atoms. The van der Waals surface area contributed by atoms with E-state index in [2.05, 4.69) is 29.0 Å². The highest BCUT2D eigenvalue weighted by molar-refractivity contribution is 6.32. The first-order valence-corrected chi connectivity index (χ1v) is 6.09. The molecule has 8 nitrogen and oxygen atoms in total. The second-order valence-corrected chi connectivity index (χ2v) is 4.91. The maximum Gasteiger partial charge on any atom is 0.408 e. The van der Waals surface area contributed by atoms with Crippen LogP contribution < -0.4 is 0 Å². The van der Waals surface area contributed by atoms with Gasteiger partial charge in [-0.1, -0.05) is 25.4 Å². The molecular weight excluding hydrogens is 272 g/mol. The zero-order valence-corrected chi connectivity index (χ0v) is 11.3. The topological polar surface area (TPSA) is 91.7 Å². The predicted molar refractivity (Wildman–Crippen MR) is 67.9 cm³/mol. The Morgan fingerprint density at radius 3 is 2.84 bits per heavy atom. The summed E-state index contributed by atoms with van der Waals surface area (Å²) in [7, 11) is 0. The Balaban J connectivity index is 2.19. The van der Waals surface area contributed by atoms with Gasteiger partial charge in [0.15, 0.2) is 10.8 Å². The Labute approximate surface area is 114 Å². The van der Waals surface area contributed by atoms with Crippen molar-refractivity contribution < 1.29 is 4.92 Å². The van der Waals surface area contributed by atoms with Crippen molar-refractivity contribution in [2.45, 2.75) is 26.9 Å². The second-order valence-electron chi connectivity index (χ2n) is 4.51. The van der Waals surface area contributed by atoms with Crippen LogP contribution in [0, 0.1) is 16.0 Å². The van der Waals surface area contributed by atoms with E-state index in [-0.39, 0.29) is 10.8 Å². The van der Waals surface area contributed by atoms with Crippen molar-refractivity contribution in [2.75, 3.05) is 0 Å². The van der Waals surface area contributed by atoms with Crippen molar-refractivity contribution in [3.63, 3.8) is 0 Å². The molecular formula is C10H13ClN6O2. The molecule has 0 aliphatic rings. The minimum atomic E-state index is -0.613. The molecule has 102 valence electrons. The zero-order chi connectivity index (χ0) is 14.0. The Hall–Kier alpha value is -1.96. The van der Waals surface area contributed by atoms with Gasteiger partial charge in [0.25, 0.3) is 0 Å². The van der Waals surface area contributed by atoms with Gasteiger partial charge in [-0.25, -0.2) is 9.67 Å². The van der Waals surface area contributed by atoms with Crippen LogP contribution in [-0.4, -0.2) is 29.5 Å². The maximum absolute atomic E-state index is 10.7. The van der Waals surface area contributed by atoms with Crippen LogP contribution in [0.3, 0.4) is 0 Å². The summed E-state index contributed by atoms with van der Waals surface area (Å²) in [6, 6.07) is 0. The van der Waals surface area contributed by atoms with Gasteiger partial charge in [-0.05, 0) is 10.8 Å². The summed E-state index contributed by atoms with van der Waals surface area (Å²) >= 11 is 5.74. The molecule has 0 atom stereocenters. The smallest absolute Gasteiger partial charge is 0.358 e. The highest BCUT2D eigenvalue weighted by Crippen LogP contribution is 2.21. The van der Waals surface area contributed by atoms with Crippen LogP contribution in [0.5, 0.6) is 0 Å². The van der Waals surface area contributed by atoms with Crippen LogP contribution in [0.25, 0.3) is 0 Å². The minimum absolute atomic E-state index is 0.0138. The standard InChI is InChI=1S/C10H13ClN6O2/c1-7(2)3-16-9(12-6-13-16)5-15-4-8(11)10(14-15)17(18)19/h4,6-7H,3,5H2,1-2H3. The SMILES string of the molecule is CC(C)Cn1ncnc1Cn1cc(Cl)c([N+](=O)[O-])n1. The largest absolute Gasteiger partial charge is 0.408 e. The average Bonchev–Trinajstić information content (AvgIpc) is 2.86. The first-order valence-electron chi connectivity index (χ1n) is 5.71. The van der Waals surface area contributed by atoms with Crippen LogP contribution in [0.1, 0.15) is 19.7 Å². The number of hydrogen-bond acceptors (Lipinski definition) is 5. The molecule has 0 N–H and O–H groups in total. The monoisotopic (exact) mass is 284 g/mol. The van der Waals surface area contributed by atoms with E-state index in [1.807, 2.05) is 0 Å². The fraction of sp³-hybridized carbons (Fsp3) is 0.500. The molecule has 0 unspecified atom stereocenters. The lowest BCUT2D eigenvalue weighted by molar-refractivity contribution is -0.389. The van der Waals surface area contributed by atoms with Crippen molar-refractivity contribution in [1.82, 2.24) is 24.5 Å².